The van der Waals surface area contributed by atoms with Crippen LogP contribution in [-0.2, 0) is 11.2 Å². The summed E-state index contributed by atoms with van der Waals surface area (Å²) in [5.74, 6) is 0.261. The van der Waals surface area contributed by atoms with Crippen molar-refractivity contribution in [2.24, 2.45) is 0 Å². The molecule has 0 aliphatic heterocycles. The molecule has 0 aromatic heterocycles. The molecular formula is C21H28N2O2. The fourth-order valence-electron chi connectivity index (χ4n) is 3.07. The second kappa shape index (κ2) is 9.84. The van der Waals surface area contributed by atoms with Gasteiger partial charge in [-0.1, -0.05) is 62.4 Å². The fourth-order valence-corrected chi connectivity index (χ4v) is 3.07. The second-order valence-corrected chi connectivity index (χ2v) is 6.08. The fraction of sp³-hybridized carbons (Fsp3) is 0.381. The highest BCUT2D eigenvalue weighted by Gasteiger charge is 2.18. The van der Waals surface area contributed by atoms with Crippen LogP contribution in [0.2, 0.25) is 0 Å². The average Bonchev–Trinajstić information content (AvgIpc) is 2.65. The maximum absolute atomic E-state index is 12.3. The third kappa shape index (κ3) is 5.61. The van der Waals surface area contributed by atoms with Gasteiger partial charge in [0.05, 0.1) is 6.04 Å². The van der Waals surface area contributed by atoms with Crippen LogP contribution < -0.4 is 5.32 Å². The Labute approximate surface area is 150 Å². The lowest BCUT2D eigenvalue weighted by Crippen LogP contribution is -2.38. The molecule has 0 fully saturated rings. The van der Waals surface area contributed by atoms with Crippen molar-refractivity contribution in [1.82, 2.24) is 10.2 Å². The van der Waals surface area contributed by atoms with E-state index in [1.165, 1.54) is 5.56 Å². The van der Waals surface area contributed by atoms with Crippen LogP contribution in [0.15, 0.2) is 54.6 Å². The van der Waals surface area contributed by atoms with Crippen molar-refractivity contribution in [3.05, 3.63) is 65.7 Å². The van der Waals surface area contributed by atoms with Crippen LogP contribution in [0.5, 0.6) is 5.75 Å². The Balaban J connectivity index is 1.93. The van der Waals surface area contributed by atoms with E-state index in [4.69, 9.17) is 0 Å². The number of hydrogen-bond donors (Lipinski definition) is 2. The number of amides is 1. The Morgan fingerprint density at radius 1 is 1.04 bits per heavy atom. The van der Waals surface area contributed by atoms with Crippen LogP contribution >= 0.6 is 0 Å². The number of rotatable bonds is 9. The lowest BCUT2D eigenvalue weighted by atomic mass is 10.0. The number of aryl methyl sites for hydroxylation is 1. The van der Waals surface area contributed by atoms with Gasteiger partial charge in [-0.2, -0.15) is 0 Å². The molecule has 1 atom stereocenters. The number of para-hydroxylation sites is 1. The molecule has 1 amide bonds. The Kier molecular flexibility index (Phi) is 7.48. The number of phenolic OH excluding ortho intramolecular Hbond substituents is 1. The van der Waals surface area contributed by atoms with E-state index in [-0.39, 0.29) is 17.7 Å². The SMILES string of the molecule is CCN(CC)C(CNC(=O)CCc1ccccc1O)c1ccccc1. The van der Waals surface area contributed by atoms with E-state index in [9.17, 15) is 9.90 Å². The first-order valence-corrected chi connectivity index (χ1v) is 8.98. The summed E-state index contributed by atoms with van der Waals surface area (Å²) in [5.41, 5.74) is 2.02. The number of nitrogens with zero attached hydrogens (tertiary/aromatic N) is 1. The molecule has 25 heavy (non-hydrogen) atoms. The van der Waals surface area contributed by atoms with E-state index in [2.05, 4.69) is 36.2 Å². The van der Waals surface area contributed by atoms with E-state index >= 15 is 0 Å². The molecule has 134 valence electrons. The maximum Gasteiger partial charge on any atom is 0.220 e. The number of likely N-dealkylation sites (N-methyl/N-ethyl adjacent to an activating group) is 1. The molecule has 0 spiro atoms. The molecule has 2 N–H and O–H groups in total. The van der Waals surface area contributed by atoms with E-state index in [1.807, 2.05) is 30.3 Å². The summed E-state index contributed by atoms with van der Waals surface area (Å²) in [6.45, 7) is 6.73. The smallest absolute Gasteiger partial charge is 0.220 e. The number of benzene rings is 2. The van der Waals surface area contributed by atoms with Crippen molar-refractivity contribution in [1.29, 1.82) is 0 Å². The van der Waals surface area contributed by atoms with Crippen LogP contribution in [0.1, 0.15) is 37.4 Å². The van der Waals surface area contributed by atoms with E-state index in [0.29, 0.717) is 19.4 Å². The average molecular weight is 340 g/mol. The molecule has 4 heteroatoms. The van der Waals surface area contributed by atoms with Crippen molar-refractivity contribution >= 4 is 5.91 Å². The van der Waals surface area contributed by atoms with Gasteiger partial charge in [-0.3, -0.25) is 9.69 Å². The number of carbonyl (C=O) groups is 1. The topological polar surface area (TPSA) is 52.6 Å². The summed E-state index contributed by atoms with van der Waals surface area (Å²) in [6, 6.07) is 17.6. The standard InChI is InChI=1S/C21H28N2O2/c1-3-23(4-2)19(17-10-6-5-7-11-17)16-22-21(25)15-14-18-12-8-9-13-20(18)24/h5-13,19,24H,3-4,14-16H2,1-2H3,(H,22,25). The molecule has 2 aromatic carbocycles. The van der Waals surface area contributed by atoms with Crippen molar-refractivity contribution in [2.45, 2.75) is 32.7 Å². The molecule has 0 radical (unpaired) electrons. The van der Waals surface area contributed by atoms with Gasteiger partial charge in [-0.15, -0.1) is 0 Å². The van der Waals surface area contributed by atoms with E-state index in [0.717, 1.165) is 18.7 Å². The minimum Gasteiger partial charge on any atom is -0.508 e. The number of carbonyl (C=O) groups excluding carboxylic acids is 1. The lowest BCUT2D eigenvalue weighted by Gasteiger charge is -2.30. The highest BCUT2D eigenvalue weighted by molar-refractivity contribution is 5.76. The van der Waals surface area contributed by atoms with Gasteiger partial charge in [0, 0.05) is 13.0 Å². The largest absolute Gasteiger partial charge is 0.508 e. The third-order valence-electron chi connectivity index (χ3n) is 4.54. The highest BCUT2D eigenvalue weighted by Crippen LogP contribution is 2.20. The van der Waals surface area contributed by atoms with E-state index in [1.54, 1.807) is 12.1 Å². The van der Waals surface area contributed by atoms with Crippen molar-refractivity contribution in [3.63, 3.8) is 0 Å². The number of hydrogen-bond acceptors (Lipinski definition) is 3. The van der Waals surface area contributed by atoms with Crippen molar-refractivity contribution in [3.8, 4) is 5.75 Å². The minimum atomic E-state index is 0.0105. The molecule has 0 saturated heterocycles. The predicted octanol–water partition coefficient (Wildman–Crippen LogP) is 3.52. The predicted molar refractivity (Wildman–Crippen MR) is 102 cm³/mol. The van der Waals surface area contributed by atoms with E-state index < -0.39 is 0 Å². The molecule has 0 aliphatic rings. The van der Waals surface area contributed by atoms with Crippen LogP contribution in [0.3, 0.4) is 0 Å². The van der Waals surface area contributed by atoms with Gasteiger partial charge in [0.2, 0.25) is 5.91 Å². The molecule has 4 nitrogen and oxygen atoms in total. The van der Waals surface area contributed by atoms with Crippen LogP contribution in [0, 0.1) is 0 Å². The van der Waals surface area contributed by atoms with Crippen molar-refractivity contribution < 1.29 is 9.90 Å². The first kappa shape index (κ1) is 19.0. The molecule has 0 bridgehead atoms. The summed E-state index contributed by atoms with van der Waals surface area (Å²) < 4.78 is 0. The zero-order valence-corrected chi connectivity index (χ0v) is 15.1. The zero-order chi connectivity index (χ0) is 18.1. The van der Waals surface area contributed by atoms with Gasteiger partial charge in [0.15, 0.2) is 0 Å². The van der Waals surface area contributed by atoms with Crippen molar-refractivity contribution in [2.75, 3.05) is 19.6 Å². The molecule has 0 aliphatic carbocycles. The Bertz CT molecular complexity index is 654. The van der Waals surface area contributed by atoms with Crippen LogP contribution in [0.4, 0.5) is 0 Å². The molecule has 2 aromatic rings. The zero-order valence-electron chi connectivity index (χ0n) is 15.1. The second-order valence-electron chi connectivity index (χ2n) is 6.08. The van der Waals surface area contributed by atoms with Crippen LogP contribution in [-0.4, -0.2) is 35.5 Å². The Morgan fingerprint density at radius 3 is 2.32 bits per heavy atom. The van der Waals surface area contributed by atoms with Gasteiger partial charge >= 0.3 is 0 Å². The van der Waals surface area contributed by atoms with Gasteiger partial charge < -0.3 is 10.4 Å². The monoisotopic (exact) mass is 340 g/mol. The van der Waals surface area contributed by atoms with Gasteiger partial charge in [-0.25, -0.2) is 0 Å². The maximum atomic E-state index is 12.3. The molecule has 0 heterocycles. The first-order valence-electron chi connectivity index (χ1n) is 8.98. The number of nitrogens with one attached hydrogen (secondary N) is 1. The lowest BCUT2D eigenvalue weighted by molar-refractivity contribution is -0.121. The number of aromatic hydroxyl groups is 1. The minimum absolute atomic E-state index is 0.0105. The summed E-state index contributed by atoms with van der Waals surface area (Å²) >= 11 is 0. The Morgan fingerprint density at radius 2 is 1.68 bits per heavy atom. The summed E-state index contributed by atoms with van der Waals surface area (Å²) in [5, 5.41) is 12.8. The summed E-state index contributed by atoms with van der Waals surface area (Å²) in [4.78, 5) is 14.6. The van der Waals surface area contributed by atoms with Gasteiger partial charge in [0.1, 0.15) is 5.75 Å². The molecule has 1 unspecified atom stereocenters. The highest BCUT2D eigenvalue weighted by atomic mass is 16.3. The normalized spacial score (nSPS) is 12.1. The first-order chi connectivity index (χ1) is 12.2. The summed E-state index contributed by atoms with van der Waals surface area (Å²) in [6.07, 6.45) is 0.914. The molecular weight excluding hydrogens is 312 g/mol. The number of phenols is 1. The third-order valence-corrected chi connectivity index (χ3v) is 4.54. The van der Waals surface area contributed by atoms with Crippen LogP contribution in [0.25, 0.3) is 0 Å². The van der Waals surface area contributed by atoms with Gasteiger partial charge in [0.25, 0.3) is 0 Å². The quantitative estimate of drug-likeness (QED) is 0.734. The Hall–Kier alpha value is -2.33. The molecule has 2 rings (SSSR count). The molecule has 0 saturated carbocycles. The van der Waals surface area contributed by atoms with Gasteiger partial charge in [-0.05, 0) is 36.7 Å². The summed E-state index contributed by atoms with van der Waals surface area (Å²) in [7, 11) is 0.